The first-order chi connectivity index (χ1) is 6.30. The summed E-state index contributed by atoms with van der Waals surface area (Å²) in [4.78, 5) is 0. The van der Waals surface area contributed by atoms with Gasteiger partial charge in [0, 0.05) is 23.2 Å². The second-order valence-electron chi connectivity index (χ2n) is 2.58. The van der Waals surface area contributed by atoms with Gasteiger partial charge in [-0.2, -0.15) is 12.1 Å². The minimum absolute atomic E-state index is 0. The summed E-state index contributed by atoms with van der Waals surface area (Å²) in [6.45, 7) is 1.76. The summed E-state index contributed by atoms with van der Waals surface area (Å²) >= 11 is 0. The third kappa shape index (κ3) is 5.03. The Morgan fingerprint density at radius 1 is 1.21 bits per heavy atom. The van der Waals surface area contributed by atoms with Crippen molar-refractivity contribution in [2.45, 2.75) is 13.0 Å². The molecule has 1 unspecified atom stereocenters. The van der Waals surface area contributed by atoms with Gasteiger partial charge in [0.2, 0.25) is 0 Å². The number of aliphatic hydroxyl groups excluding tert-OH is 1. The van der Waals surface area contributed by atoms with Gasteiger partial charge in [-0.05, 0) is 6.92 Å². The molecule has 78 valence electrons. The maximum absolute atomic E-state index is 8.91. The standard InChI is InChI=1S/C7H9O.C5H.Fe/c1-6(8)7-4-2-3-5-7;1-2-4-5-3-1;/h2-6,8H,1H3;1H;/q-1;-5;. The monoisotopic (exact) mass is 226 g/mol. The number of hydrogen-bond acceptors (Lipinski definition) is 1. The van der Waals surface area contributed by atoms with E-state index in [4.69, 9.17) is 5.11 Å². The van der Waals surface area contributed by atoms with Gasteiger partial charge in [-0.3, -0.25) is 0 Å². The van der Waals surface area contributed by atoms with Crippen LogP contribution in [-0.4, -0.2) is 5.11 Å². The van der Waals surface area contributed by atoms with Crippen molar-refractivity contribution in [1.29, 1.82) is 0 Å². The third-order valence-electron chi connectivity index (χ3n) is 1.52. The molecule has 0 saturated carbocycles. The van der Waals surface area contributed by atoms with Crippen molar-refractivity contribution < 1.29 is 22.2 Å². The Bertz CT molecular complexity index is 265. The molecule has 2 aromatic rings. The molecule has 0 amide bonds. The molecule has 0 radical (unpaired) electrons. The van der Waals surface area contributed by atoms with Crippen molar-refractivity contribution in [3.05, 3.63) is 60.2 Å². The van der Waals surface area contributed by atoms with Gasteiger partial charge < -0.3 is 35.4 Å². The first kappa shape index (κ1) is 13.2. The Balaban J connectivity index is 0.000000246. The Hall–Kier alpha value is -0.821. The van der Waals surface area contributed by atoms with Gasteiger partial charge in [-0.1, -0.05) is 0 Å². The largest absolute Gasteiger partial charge is 0.999 e. The molecule has 0 heterocycles. The quantitative estimate of drug-likeness (QED) is 0.582. The third-order valence-corrected chi connectivity index (χ3v) is 1.52. The van der Waals surface area contributed by atoms with Gasteiger partial charge in [0.05, 0.1) is 0 Å². The van der Waals surface area contributed by atoms with Crippen LogP contribution in [0.25, 0.3) is 0 Å². The van der Waals surface area contributed by atoms with E-state index in [1.807, 2.05) is 24.3 Å². The minimum atomic E-state index is -0.315. The zero-order valence-corrected chi connectivity index (χ0v) is 8.87. The fourth-order valence-electron chi connectivity index (χ4n) is 0.848. The van der Waals surface area contributed by atoms with Crippen molar-refractivity contribution >= 4 is 0 Å². The second kappa shape index (κ2) is 7.57. The molecule has 1 nitrogen and oxygen atoms in total. The van der Waals surface area contributed by atoms with Gasteiger partial charge in [0.15, 0.2) is 0 Å². The molecule has 2 aromatic carbocycles. The van der Waals surface area contributed by atoms with E-state index in [9.17, 15) is 0 Å². The second-order valence-corrected chi connectivity index (χ2v) is 2.58. The van der Waals surface area contributed by atoms with Crippen molar-refractivity contribution in [3.63, 3.8) is 0 Å². The fraction of sp³-hybridized carbons (Fsp3) is 0.167. The normalized spacial score (nSPS) is 10.7. The summed E-state index contributed by atoms with van der Waals surface area (Å²) < 4.78 is 0. The summed E-state index contributed by atoms with van der Waals surface area (Å²) in [6.07, 6.45) is -0.315. The molecule has 1 N–H and O–H groups in total. The molecule has 0 aliphatic rings. The van der Waals surface area contributed by atoms with E-state index in [2.05, 4.69) is 24.3 Å². The van der Waals surface area contributed by atoms with E-state index in [1.54, 1.807) is 13.0 Å². The summed E-state index contributed by atoms with van der Waals surface area (Å²) in [7, 11) is 0. The number of rotatable bonds is 1. The van der Waals surface area contributed by atoms with Crippen LogP contribution in [0.3, 0.4) is 0 Å². The molecule has 0 aliphatic carbocycles. The summed E-state index contributed by atoms with van der Waals surface area (Å²) in [5.74, 6) is 0. The summed E-state index contributed by atoms with van der Waals surface area (Å²) in [6, 6.07) is 19.7. The maximum Gasteiger partial charge on any atom is 0.0322 e. The van der Waals surface area contributed by atoms with Crippen LogP contribution in [0.2, 0.25) is 0 Å². The van der Waals surface area contributed by atoms with E-state index < -0.39 is 0 Å². The molecule has 2 rings (SSSR count). The first-order valence-corrected chi connectivity index (χ1v) is 4.03. The van der Waals surface area contributed by atoms with Gasteiger partial charge in [0.1, 0.15) is 0 Å². The van der Waals surface area contributed by atoms with E-state index in [-0.39, 0.29) is 23.2 Å². The van der Waals surface area contributed by atoms with Gasteiger partial charge >= 0.3 is 0 Å². The van der Waals surface area contributed by atoms with Crippen molar-refractivity contribution in [1.82, 2.24) is 0 Å². The Labute approximate surface area is 95.6 Å². The summed E-state index contributed by atoms with van der Waals surface area (Å²) in [5.41, 5.74) is 0.991. The smallest absolute Gasteiger partial charge is 0.0322 e. The first-order valence-electron chi connectivity index (χ1n) is 4.03. The zero-order chi connectivity index (χ0) is 9.52. The van der Waals surface area contributed by atoms with Crippen molar-refractivity contribution in [2.75, 3.05) is 0 Å². The Morgan fingerprint density at radius 3 is 1.93 bits per heavy atom. The minimum Gasteiger partial charge on any atom is -0.999 e. The summed E-state index contributed by atoms with van der Waals surface area (Å²) in [5, 5.41) is 8.91. The molecule has 14 heavy (non-hydrogen) atoms. The van der Waals surface area contributed by atoms with Crippen LogP contribution in [-0.2, 0) is 17.1 Å². The zero-order valence-electron chi connectivity index (χ0n) is 7.76. The van der Waals surface area contributed by atoms with E-state index in [0.717, 1.165) is 5.56 Å². The van der Waals surface area contributed by atoms with E-state index in [1.165, 1.54) is 0 Å². The molecule has 0 aromatic heterocycles. The van der Waals surface area contributed by atoms with Crippen LogP contribution in [0, 0.1) is 24.3 Å². The predicted octanol–water partition coefficient (Wildman–Crippen LogP) is 2.06. The van der Waals surface area contributed by atoms with E-state index >= 15 is 0 Å². The van der Waals surface area contributed by atoms with Crippen LogP contribution in [0.5, 0.6) is 0 Å². The average Bonchev–Trinajstić information content (AvgIpc) is 2.82. The van der Waals surface area contributed by atoms with Crippen molar-refractivity contribution in [2.24, 2.45) is 0 Å². The van der Waals surface area contributed by atoms with Crippen LogP contribution in [0.1, 0.15) is 18.6 Å². The van der Waals surface area contributed by atoms with Gasteiger partial charge in [-0.25, -0.2) is 12.1 Å². The topological polar surface area (TPSA) is 20.2 Å². The molecule has 2 heteroatoms. The number of aliphatic hydroxyl groups is 1. The van der Waals surface area contributed by atoms with Gasteiger partial charge in [0.25, 0.3) is 0 Å². The maximum atomic E-state index is 8.91. The molecule has 0 spiro atoms. The number of hydrogen-bond donors (Lipinski definition) is 1. The van der Waals surface area contributed by atoms with E-state index in [0.29, 0.717) is 0 Å². The van der Waals surface area contributed by atoms with Crippen LogP contribution >= 0.6 is 0 Å². The predicted molar refractivity (Wildman–Crippen MR) is 50.0 cm³/mol. The molecule has 0 fully saturated rings. The SMILES string of the molecule is CC(O)[c-]1cccc1.[Fe].[c-]1[c-][c-][cH-][c-]1. The molecule has 0 aliphatic heterocycles. The molecule has 1 atom stereocenters. The Morgan fingerprint density at radius 2 is 1.71 bits per heavy atom. The van der Waals surface area contributed by atoms with Gasteiger partial charge in [-0.15, -0.1) is 5.56 Å². The van der Waals surface area contributed by atoms with Crippen LogP contribution in [0.15, 0.2) is 30.3 Å². The molecular formula is C12H10FeO-6. The van der Waals surface area contributed by atoms with Crippen LogP contribution < -0.4 is 0 Å². The fourth-order valence-corrected chi connectivity index (χ4v) is 0.848. The Kier molecular flexibility index (Phi) is 7.13. The molecule has 0 bridgehead atoms. The molecular weight excluding hydrogens is 216 g/mol. The van der Waals surface area contributed by atoms with Crippen molar-refractivity contribution in [3.8, 4) is 0 Å². The average molecular weight is 226 g/mol. The van der Waals surface area contributed by atoms with Crippen LogP contribution in [0.4, 0.5) is 0 Å². The molecule has 0 saturated heterocycles.